The monoisotopic (exact) mass is 601 g/mol. The molecule has 3 aromatic rings. The number of carbonyl (C=O) groups is 1. The lowest BCUT2D eigenvalue weighted by Crippen LogP contribution is -2.48. The molecule has 41 heavy (non-hydrogen) atoms. The second-order valence-corrected chi connectivity index (χ2v) is 12.6. The third-order valence-electron chi connectivity index (χ3n) is 8.06. The van der Waals surface area contributed by atoms with Gasteiger partial charge in [-0.2, -0.15) is 4.31 Å². The Kier molecular flexibility index (Phi) is 8.45. The van der Waals surface area contributed by atoms with Crippen LogP contribution in [0.5, 0.6) is 11.5 Å². The predicted octanol–water partition coefficient (Wildman–Crippen LogP) is 5.03. The molecule has 0 bridgehead atoms. The smallest absolute Gasteiger partial charge is 0.254 e. The third-order valence-corrected chi connectivity index (χ3v) is 10.2. The summed E-state index contributed by atoms with van der Waals surface area (Å²) < 4.78 is 53.8. The van der Waals surface area contributed by atoms with Crippen molar-refractivity contribution in [1.82, 2.24) is 9.21 Å². The van der Waals surface area contributed by atoms with E-state index in [0.29, 0.717) is 31.1 Å². The highest BCUT2D eigenvalue weighted by atomic mass is 35.5. The number of piperazine rings is 1. The van der Waals surface area contributed by atoms with Crippen LogP contribution in [-0.4, -0.2) is 76.5 Å². The Morgan fingerprint density at radius 1 is 0.927 bits per heavy atom. The van der Waals surface area contributed by atoms with Gasteiger partial charge in [-0.25, -0.2) is 12.8 Å². The molecule has 0 aliphatic carbocycles. The lowest BCUT2D eigenvalue weighted by molar-refractivity contribution is 0.0742. The van der Waals surface area contributed by atoms with E-state index in [1.807, 2.05) is 31.2 Å². The van der Waals surface area contributed by atoms with Gasteiger partial charge in [0.15, 0.2) is 11.6 Å². The van der Waals surface area contributed by atoms with Crippen LogP contribution in [0.4, 0.5) is 10.1 Å². The fourth-order valence-corrected chi connectivity index (χ4v) is 7.55. The number of methoxy groups -OCH3 is 2. The SMILES string of the molecule is COc1ccc(C2CCN(C(=O)c3ccc(OC)c(S(=O)(=O)N4CCN(c5cccc(Cl)c5)CC4)c3)C2C)cc1F. The van der Waals surface area contributed by atoms with Crippen molar-refractivity contribution >= 4 is 33.2 Å². The van der Waals surface area contributed by atoms with Crippen LogP contribution in [0.2, 0.25) is 5.02 Å². The maximum absolute atomic E-state index is 14.4. The molecule has 2 heterocycles. The maximum atomic E-state index is 14.4. The van der Waals surface area contributed by atoms with Gasteiger partial charge in [-0.3, -0.25) is 4.79 Å². The molecule has 0 N–H and O–H groups in total. The standard InChI is InChI=1S/C30H33ClFN3O5S/c1-20-25(21-7-9-27(39-2)26(32)17-21)11-12-35(20)30(36)22-8-10-28(40-3)29(18-22)41(37,38)34-15-13-33(14-16-34)24-6-4-5-23(31)19-24/h4-10,17-20,25H,11-16H2,1-3H3. The number of benzene rings is 3. The normalized spacial score (nSPS) is 19.8. The van der Waals surface area contributed by atoms with Crippen molar-refractivity contribution in [1.29, 1.82) is 0 Å². The van der Waals surface area contributed by atoms with Gasteiger partial charge in [0.25, 0.3) is 5.91 Å². The summed E-state index contributed by atoms with van der Waals surface area (Å²) in [5.41, 5.74) is 1.99. The number of likely N-dealkylation sites (tertiary alicyclic amines) is 1. The summed E-state index contributed by atoms with van der Waals surface area (Å²) in [6, 6.07) is 16.7. The minimum Gasteiger partial charge on any atom is -0.495 e. The Hall–Kier alpha value is -3.34. The number of ether oxygens (including phenoxy) is 2. The molecule has 218 valence electrons. The van der Waals surface area contributed by atoms with Crippen molar-refractivity contribution in [2.75, 3.05) is 51.8 Å². The average Bonchev–Trinajstić information content (AvgIpc) is 3.37. The van der Waals surface area contributed by atoms with Gasteiger partial charge in [-0.1, -0.05) is 23.7 Å². The molecular formula is C30H33ClFN3O5S. The number of halogens is 2. The molecule has 0 saturated carbocycles. The lowest BCUT2D eigenvalue weighted by Gasteiger charge is -2.35. The molecule has 0 spiro atoms. The Balaban J connectivity index is 1.34. The highest BCUT2D eigenvalue weighted by Gasteiger charge is 2.37. The highest BCUT2D eigenvalue weighted by molar-refractivity contribution is 7.89. The number of hydrogen-bond donors (Lipinski definition) is 0. The number of carbonyl (C=O) groups excluding carboxylic acids is 1. The molecule has 2 atom stereocenters. The number of rotatable bonds is 7. The van der Waals surface area contributed by atoms with Crippen molar-refractivity contribution < 1.29 is 27.1 Å². The van der Waals surface area contributed by atoms with Crippen molar-refractivity contribution in [2.45, 2.75) is 30.2 Å². The highest BCUT2D eigenvalue weighted by Crippen LogP contribution is 2.37. The van der Waals surface area contributed by atoms with Crippen LogP contribution in [0.3, 0.4) is 0 Å². The molecule has 2 saturated heterocycles. The first-order valence-corrected chi connectivity index (χ1v) is 15.3. The molecule has 1 amide bonds. The van der Waals surface area contributed by atoms with E-state index < -0.39 is 15.8 Å². The first kappa shape index (κ1) is 29.2. The van der Waals surface area contributed by atoms with Gasteiger partial charge in [0.1, 0.15) is 10.6 Å². The van der Waals surface area contributed by atoms with Crippen molar-refractivity contribution in [3.05, 3.63) is 82.6 Å². The van der Waals surface area contributed by atoms with E-state index in [2.05, 4.69) is 4.90 Å². The Morgan fingerprint density at radius 2 is 1.63 bits per heavy atom. The van der Waals surface area contributed by atoms with Gasteiger partial charge in [0.2, 0.25) is 10.0 Å². The summed E-state index contributed by atoms with van der Waals surface area (Å²) in [6.07, 6.45) is 0.664. The molecule has 0 aromatic heterocycles. The zero-order valence-corrected chi connectivity index (χ0v) is 24.8. The molecular weight excluding hydrogens is 569 g/mol. The zero-order valence-electron chi connectivity index (χ0n) is 23.2. The molecule has 0 radical (unpaired) electrons. The molecule has 8 nitrogen and oxygen atoms in total. The van der Waals surface area contributed by atoms with Gasteiger partial charge >= 0.3 is 0 Å². The van der Waals surface area contributed by atoms with E-state index in [4.69, 9.17) is 21.1 Å². The summed E-state index contributed by atoms with van der Waals surface area (Å²) in [4.78, 5) is 17.4. The van der Waals surface area contributed by atoms with Crippen LogP contribution in [0.25, 0.3) is 0 Å². The zero-order chi connectivity index (χ0) is 29.3. The fourth-order valence-electron chi connectivity index (χ4n) is 5.76. The van der Waals surface area contributed by atoms with Crippen molar-refractivity contribution in [3.63, 3.8) is 0 Å². The molecule has 5 rings (SSSR count). The van der Waals surface area contributed by atoms with Gasteiger partial charge in [-0.05, 0) is 67.4 Å². The maximum Gasteiger partial charge on any atom is 0.254 e. The van der Waals surface area contributed by atoms with Crippen LogP contribution in [-0.2, 0) is 10.0 Å². The minimum absolute atomic E-state index is 0.0392. The topological polar surface area (TPSA) is 79.4 Å². The Morgan fingerprint density at radius 3 is 2.29 bits per heavy atom. The van der Waals surface area contributed by atoms with E-state index in [0.717, 1.165) is 11.3 Å². The largest absolute Gasteiger partial charge is 0.495 e. The van der Waals surface area contributed by atoms with E-state index in [1.54, 1.807) is 23.1 Å². The fraction of sp³-hybridized carbons (Fsp3) is 0.367. The number of nitrogens with zero attached hydrogens (tertiary/aromatic N) is 3. The third kappa shape index (κ3) is 5.73. The summed E-state index contributed by atoms with van der Waals surface area (Å²) in [5.74, 6) is -0.430. The number of amides is 1. The van der Waals surface area contributed by atoms with Crippen LogP contribution in [0.1, 0.15) is 35.2 Å². The number of hydrogen-bond acceptors (Lipinski definition) is 6. The first-order valence-electron chi connectivity index (χ1n) is 13.5. The van der Waals surface area contributed by atoms with Gasteiger partial charge in [-0.15, -0.1) is 0 Å². The van der Waals surface area contributed by atoms with E-state index in [9.17, 15) is 17.6 Å². The van der Waals surface area contributed by atoms with E-state index in [1.165, 1.54) is 36.7 Å². The van der Waals surface area contributed by atoms with E-state index >= 15 is 0 Å². The van der Waals surface area contributed by atoms with Crippen LogP contribution < -0.4 is 14.4 Å². The molecule has 3 aromatic carbocycles. The summed E-state index contributed by atoms with van der Waals surface area (Å²) in [6.45, 7) is 3.95. The average molecular weight is 602 g/mol. The molecule has 2 fully saturated rings. The van der Waals surface area contributed by atoms with Crippen molar-refractivity contribution in [3.8, 4) is 11.5 Å². The first-order chi connectivity index (χ1) is 19.6. The number of sulfonamides is 1. The lowest BCUT2D eigenvalue weighted by atomic mass is 9.92. The second-order valence-electron chi connectivity index (χ2n) is 10.3. The quantitative estimate of drug-likeness (QED) is 0.378. The van der Waals surface area contributed by atoms with Gasteiger partial charge in [0.05, 0.1) is 14.2 Å². The summed E-state index contributed by atoms with van der Waals surface area (Å²) in [5, 5.41) is 0.624. The van der Waals surface area contributed by atoms with Crippen LogP contribution >= 0.6 is 11.6 Å². The Bertz CT molecular complexity index is 1540. The number of anilines is 1. The van der Waals surface area contributed by atoms with Crippen LogP contribution in [0.15, 0.2) is 65.6 Å². The van der Waals surface area contributed by atoms with Crippen molar-refractivity contribution in [2.24, 2.45) is 0 Å². The minimum atomic E-state index is -3.95. The summed E-state index contributed by atoms with van der Waals surface area (Å²) in [7, 11) is -1.12. The van der Waals surface area contributed by atoms with E-state index in [-0.39, 0.29) is 52.9 Å². The van der Waals surface area contributed by atoms with Gasteiger partial charge in [0, 0.05) is 61.0 Å². The molecule has 2 aliphatic rings. The van der Waals surface area contributed by atoms with Gasteiger partial charge < -0.3 is 19.3 Å². The molecule has 2 aliphatic heterocycles. The summed E-state index contributed by atoms with van der Waals surface area (Å²) >= 11 is 6.13. The van der Waals surface area contributed by atoms with Crippen LogP contribution in [0, 0.1) is 5.82 Å². The predicted molar refractivity (Wildman–Crippen MR) is 156 cm³/mol. The second kappa shape index (κ2) is 11.9. The molecule has 11 heteroatoms. The Labute approximate surface area is 245 Å². The molecule has 2 unspecified atom stereocenters.